The molecule has 47 heavy (non-hydrogen) atoms. The van der Waals surface area contributed by atoms with Crippen molar-refractivity contribution >= 4 is 17.9 Å². The third-order valence-corrected chi connectivity index (χ3v) is 8.28. The van der Waals surface area contributed by atoms with Crippen molar-refractivity contribution in [3.05, 3.63) is 59.7 Å². The van der Waals surface area contributed by atoms with E-state index in [0.29, 0.717) is 69.3 Å². The highest BCUT2D eigenvalue weighted by Crippen LogP contribution is 2.32. The maximum absolute atomic E-state index is 14.1. The van der Waals surface area contributed by atoms with Crippen LogP contribution in [0.25, 0.3) is 0 Å². The van der Waals surface area contributed by atoms with Gasteiger partial charge in [-0.1, -0.05) is 30.3 Å². The number of methoxy groups -OCH3 is 2. The van der Waals surface area contributed by atoms with Crippen molar-refractivity contribution in [2.24, 2.45) is 11.8 Å². The first-order valence-corrected chi connectivity index (χ1v) is 16.7. The molecule has 10 heteroatoms. The van der Waals surface area contributed by atoms with Crippen molar-refractivity contribution in [1.82, 2.24) is 14.7 Å². The van der Waals surface area contributed by atoms with E-state index in [9.17, 15) is 14.4 Å². The molecular weight excluding hydrogens is 598 g/mol. The van der Waals surface area contributed by atoms with Crippen LogP contribution in [0.15, 0.2) is 48.5 Å². The van der Waals surface area contributed by atoms with Gasteiger partial charge in [0.1, 0.15) is 5.60 Å². The van der Waals surface area contributed by atoms with Crippen molar-refractivity contribution in [3.8, 4) is 11.5 Å². The fourth-order valence-corrected chi connectivity index (χ4v) is 5.81. The first-order chi connectivity index (χ1) is 22.2. The molecule has 0 spiro atoms. The molecule has 2 atom stereocenters. The average Bonchev–Trinajstić information content (AvgIpc) is 3.42. The first-order valence-electron chi connectivity index (χ1n) is 16.7. The number of benzene rings is 2. The van der Waals surface area contributed by atoms with Gasteiger partial charge in [0.25, 0.3) is 5.91 Å². The van der Waals surface area contributed by atoms with Gasteiger partial charge in [-0.3, -0.25) is 9.59 Å². The van der Waals surface area contributed by atoms with Crippen molar-refractivity contribution < 1.29 is 33.3 Å². The molecule has 2 unspecified atom stereocenters. The zero-order chi connectivity index (χ0) is 34.7. The molecule has 3 rings (SSSR count). The molecule has 2 aromatic rings. The maximum atomic E-state index is 14.1. The summed E-state index contributed by atoms with van der Waals surface area (Å²) in [5.41, 5.74) is 0.805. The van der Waals surface area contributed by atoms with E-state index >= 15 is 0 Å². The van der Waals surface area contributed by atoms with Gasteiger partial charge in [-0.25, -0.2) is 4.79 Å². The molecule has 2 aromatic carbocycles. The second-order valence-electron chi connectivity index (χ2n) is 13.8. The number of rotatable bonds is 15. The van der Waals surface area contributed by atoms with E-state index in [1.165, 1.54) is 0 Å². The molecule has 1 heterocycles. The van der Waals surface area contributed by atoms with Crippen molar-refractivity contribution in [2.75, 3.05) is 53.6 Å². The van der Waals surface area contributed by atoms with Crippen LogP contribution >= 0.6 is 0 Å². The van der Waals surface area contributed by atoms with Crippen LogP contribution in [0.5, 0.6) is 11.5 Å². The molecule has 0 N–H and O–H groups in total. The molecular formula is C37H55N3O7. The summed E-state index contributed by atoms with van der Waals surface area (Å²) in [6, 6.07) is 14.8. The van der Waals surface area contributed by atoms with Crippen molar-refractivity contribution in [3.63, 3.8) is 0 Å². The van der Waals surface area contributed by atoms with Crippen LogP contribution in [0, 0.1) is 11.8 Å². The Labute approximate surface area is 281 Å². The second kappa shape index (κ2) is 17.4. The summed E-state index contributed by atoms with van der Waals surface area (Å²) in [5, 5.41) is 0. The second-order valence-corrected chi connectivity index (χ2v) is 13.8. The van der Waals surface area contributed by atoms with E-state index in [4.69, 9.17) is 18.9 Å². The van der Waals surface area contributed by atoms with E-state index in [0.717, 1.165) is 5.56 Å². The van der Waals surface area contributed by atoms with Gasteiger partial charge in [0.2, 0.25) is 5.91 Å². The summed E-state index contributed by atoms with van der Waals surface area (Å²) < 4.78 is 22.3. The molecule has 0 radical (unpaired) electrons. The fraction of sp³-hybridized carbons (Fsp3) is 0.595. The molecule has 1 aliphatic heterocycles. The maximum Gasteiger partial charge on any atom is 0.410 e. The summed E-state index contributed by atoms with van der Waals surface area (Å²) in [4.78, 5) is 46.4. The summed E-state index contributed by atoms with van der Waals surface area (Å²) in [7, 11) is 3.21. The SMILES string of the molecule is COCCCOc1cc(C(=O)N(CC2CN(C(=O)OC(C)(C)C)CC2CN(C(=O)Cc2ccccc2)C(C)C)C(C)C)ccc1OC. The molecule has 0 aliphatic carbocycles. The fourth-order valence-electron chi connectivity index (χ4n) is 5.81. The van der Waals surface area contributed by atoms with Gasteiger partial charge in [-0.2, -0.15) is 0 Å². The summed E-state index contributed by atoms with van der Waals surface area (Å²) in [5.74, 6) is 0.802. The van der Waals surface area contributed by atoms with Gasteiger partial charge in [0, 0.05) is 75.8 Å². The minimum atomic E-state index is -0.641. The van der Waals surface area contributed by atoms with Gasteiger partial charge < -0.3 is 33.6 Å². The van der Waals surface area contributed by atoms with E-state index in [1.54, 1.807) is 37.3 Å². The van der Waals surface area contributed by atoms with Crippen LogP contribution < -0.4 is 9.47 Å². The summed E-state index contributed by atoms with van der Waals surface area (Å²) in [6.07, 6.45) is 0.620. The monoisotopic (exact) mass is 653 g/mol. The number of carbonyl (C=O) groups is 3. The summed E-state index contributed by atoms with van der Waals surface area (Å²) >= 11 is 0. The smallest absolute Gasteiger partial charge is 0.410 e. The molecule has 10 nitrogen and oxygen atoms in total. The normalized spacial score (nSPS) is 16.4. The van der Waals surface area contributed by atoms with Crippen molar-refractivity contribution in [1.29, 1.82) is 0 Å². The lowest BCUT2D eigenvalue weighted by atomic mass is 9.93. The van der Waals surface area contributed by atoms with Gasteiger partial charge in [0.15, 0.2) is 11.5 Å². The zero-order valence-electron chi connectivity index (χ0n) is 29.8. The van der Waals surface area contributed by atoms with E-state index in [1.807, 2.05) is 88.6 Å². The summed E-state index contributed by atoms with van der Waals surface area (Å²) in [6.45, 7) is 16.3. The Kier molecular flexibility index (Phi) is 13.9. The highest BCUT2D eigenvalue weighted by atomic mass is 16.6. The Bertz CT molecular complexity index is 1310. The topological polar surface area (TPSA) is 97.9 Å². The molecule has 0 bridgehead atoms. The Morgan fingerprint density at radius 3 is 2.02 bits per heavy atom. The van der Waals surface area contributed by atoms with Crippen LogP contribution in [-0.2, 0) is 20.7 Å². The minimum absolute atomic E-state index is 0.0353. The number of carbonyl (C=O) groups excluding carboxylic acids is 3. The third kappa shape index (κ3) is 11.2. The van der Waals surface area contributed by atoms with Gasteiger partial charge >= 0.3 is 6.09 Å². The Morgan fingerprint density at radius 1 is 0.851 bits per heavy atom. The molecule has 260 valence electrons. The van der Waals surface area contributed by atoms with E-state index in [2.05, 4.69) is 0 Å². The number of ether oxygens (including phenoxy) is 4. The van der Waals surface area contributed by atoms with Crippen LogP contribution in [0.2, 0.25) is 0 Å². The first kappa shape index (κ1) is 37.7. The molecule has 0 aromatic heterocycles. The minimum Gasteiger partial charge on any atom is -0.493 e. The van der Waals surface area contributed by atoms with Gasteiger partial charge in [-0.15, -0.1) is 0 Å². The Morgan fingerprint density at radius 2 is 1.47 bits per heavy atom. The van der Waals surface area contributed by atoms with Crippen LogP contribution in [0.1, 0.15) is 70.8 Å². The number of likely N-dealkylation sites (tertiary alicyclic amines) is 1. The molecule has 0 saturated carbocycles. The Hall–Kier alpha value is -3.79. The number of hydrogen-bond donors (Lipinski definition) is 0. The van der Waals surface area contributed by atoms with Crippen molar-refractivity contribution in [2.45, 2.75) is 79.0 Å². The molecule has 1 aliphatic rings. The average molecular weight is 654 g/mol. The molecule has 3 amide bonds. The molecule has 1 saturated heterocycles. The Balaban J connectivity index is 1.87. The van der Waals surface area contributed by atoms with Gasteiger partial charge in [-0.05, 0) is 72.2 Å². The number of hydrogen-bond acceptors (Lipinski definition) is 7. The lowest BCUT2D eigenvalue weighted by Crippen LogP contribution is -2.46. The lowest BCUT2D eigenvalue weighted by Gasteiger charge is -2.34. The van der Waals surface area contributed by atoms with E-state index in [-0.39, 0.29) is 41.8 Å². The third-order valence-electron chi connectivity index (χ3n) is 8.28. The van der Waals surface area contributed by atoms with Gasteiger partial charge in [0.05, 0.1) is 20.1 Å². The quantitative estimate of drug-likeness (QED) is 0.220. The zero-order valence-corrected chi connectivity index (χ0v) is 29.8. The predicted octanol–water partition coefficient (Wildman–Crippen LogP) is 5.92. The van der Waals surface area contributed by atoms with Crippen LogP contribution in [0.3, 0.4) is 0 Å². The lowest BCUT2D eigenvalue weighted by molar-refractivity contribution is -0.133. The van der Waals surface area contributed by atoms with Crippen LogP contribution in [0.4, 0.5) is 4.79 Å². The predicted molar refractivity (Wildman–Crippen MR) is 183 cm³/mol. The number of amides is 3. The van der Waals surface area contributed by atoms with E-state index < -0.39 is 5.60 Å². The van der Waals surface area contributed by atoms with Crippen LogP contribution in [-0.4, -0.2) is 104 Å². The highest BCUT2D eigenvalue weighted by molar-refractivity contribution is 5.95. The number of nitrogens with zero attached hydrogens (tertiary/aromatic N) is 3. The highest BCUT2D eigenvalue weighted by Gasteiger charge is 2.41. The molecule has 1 fully saturated rings. The largest absolute Gasteiger partial charge is 0.493 e. The standard InChI is InChI=1S/C37H55N3O7/c1-26(2)39(34(41)20-28-14-11-10-12-15-28)24-30-22-38(36(43)47-37(5,6)7)23-31(30)25-40(27(3)4)35(42)29-16-17-32(45-9)33(21-29)46-19-13-18-44-8/h10-12,14-17,21,26-27,30-31H,13,18-20,22-25H2,1-9H3.